The summed E-state index contributed by atoms with van der Waals surface area (Å²) < 4.78 is 5.49. The molecule has 0 aliphatic carbocycles. The zero-order valence-electron chi connectivity index (χ0n) is 11.5. The van der Waals surface area contributed by atoms with Gasteiger partial charge in [0.25, 0.3) is 0 Å². The number of imidazole rings is 1. The monoisotopic (exact) mass is 292 g/mol. The molecule has 4 nitrogen and oxygen atoms in total. The Balaban J connectivity index is 1.91. The molecular weight excluding hydrogens is 276 g/mol. The molecule has 1 aromatic heterocycles. The highest BCUT2D eigenvalue weighted by Gasteiger charge is 2.29. The van der Waals surface area contributed by atoms with E-state index in [1.165, 1.54) is 0 Å². The third-order valence-electron chi connectivity index (χ3n) is 3.10. The number of ether oxygens (including phenoxy) is 1. The highest BCUT2D eigenvalue weighted by Crippen LogP contribution is 2.22. The van der Waals surface area contributed by atoms with Crippen molar-refractivity contribution in [2.75, 3.05) is 6.61 Å². The van der Waals surface area contributed by atoms with E-state index in [0.29, 0.717) is 17.2 Å². The van der Waals surface area contributed by atoms with Crippen LogP contribution in [0.25, 0.3) is 0 Å². The number of aromatic amines is 1. The molecule has 0 radical (unpaired) electrons. The predicted octanol–water partition coefficient (Wildman–Crippen LogP) is 3.28. The highest BCUT2D eigenvalue weighted by molar-refractivity contribution is 6.30. The van der Waals surface area contributed by atoms with Crippen molar-refractivity contribution >= 4 is 17.4 Å². The lowest BCUT2D eigenvalue weighted by Gasteiger charge is -2.21. The Kier molecular flexibility index (Phi) is 4.45. The number of halogens is 1. The van der Waals surface area contributed by atoms with Crippen LogP contribution in [0.2, 0.25) is 5.02 Å². The first-order valence-electron chi connectivity index (χ1n) is 6.37. The fraction of sp³-hybridized carbons (Fsp3) is 0.333. The largest absolute Gasteiger partial charge is 0.486 e. The summed E-state index contributed by atoms with van der Waals surface area (Å²) in [5, 5.41) is 0.641. The summed E-state index contributed by atoms with van der Waals surface area (Å²) in [6.45, 7) is 3.82. The second-order valence-electron chi connectivity index (χ2n) is 5.26. The van der Waals surface area contributed by atoms with Crippen molar-refractivity contribution in [2.24, 2.45) is 5.41 Å². The maximum absolute atomic E-state index is 12.2. The molecule has 0 saturated carbocycles. The van der Waals surface area contributed by atoms with Gasteiger partial charge in [-0.2, -0.15) is 0 Å². The lowest BCUT2D eigenvalue weighted by Crippen LogP contribution is -2.31. The van der Waals surface area contributed by atoms with Crippen molar-refractivity contribution in [1.29, 1.82) is 0 Å². The highest BCUT2D eigenvalue weighted by atomic mass is 35.5. The third-order valence-corrected chi connectivity index (χ3v) is 3.35. The summed E-state index contributed by atoms with van der Waals surface area (Å²) in [5.74, 6) is 1.47. The van der Waals surface area contributed by atoms with Gasteiger partial charge in [-0.15, -0.1) is 0 Å². The molecule has 1 aromatic carbocycles. The van der Waals surface area contributed by atoms with Crippen LogP contribution in [-0.2, 0) is 11.2 Å². The first-order chi connectivity index (χ1) is 9.47. The van der Waals surface area contributed by atoms with Crippen LogP contribution in [0.3, 0.4) is 0 Å². The Morgan fingerprint density at radius 1 is 1.35 bits per heavy atom. The molecule has 0 spiro atoms. The number of hydrogen-bond acceptors (Lipinski definition) is 3. The van der Waals surface area contributed by atoms with E-state index in [-0.39, 0.29) is 12.4 Å². The van der Waals surface area contributed by atoms with Crippen LogP contribution in [0.4, 0.5) is 0 Å². The molecule has 0 saturated heterocycles. The number of hydrogen-bond donors (Lipinski definition) is 1. The molecule has 106 valence electrons. The van der Waals surface area contributed by atoms with Gasteiger partial charge in [0.2, 0.25) is 0 Å². The van der Waals surface area contributed by atoms with Crippen molar-refractivity contribution < 1.29 is 9.53 Å². The number of carbonyl (C=O) groups excluding carboxylic acids is 1. The quantitative estimate of drug-likeness (QED) is 0.889. The number of Topliss-reactive ketones (excluding diaryl/α,β-unsaturated/α-hetero) is 1. The van der Waals surface area contributed by atoms with Crippen LogP contribution in [0.15, 0.2) is 36.7 Å². The van der Waals surface area contributed by atoms with Crippen molar-refractivity contribution in [1.82, 2.24) is 9.97 Å². The summed E-state index contributed by atoms with van der Waals surface area (Å²) >= 11 is 5.79. The summed E-state index contributed by atoms with van der Waals surface area (Å²) in [6.07, 6.45) is 3.99. The van der Waals surface area contributed by atoms with Crippen LogP contribution < -0.4 is 4.74 Å². The molecule has 0 amide bonds. The van der Waals surface area contributed by atoms with Gasteiger partial charge in [0, 0.05) is 29.3 Å². The van der Waals surface area contributed by atoms with Crippen molar-refractivity contribution in [3.63, 3.8) is 0 Å². The van der Waals surface area contributed by atoms with E-state index in [1.807, 2.05) is 13.8 Å². The smallest absolute Gasteiger partial charge is 0.176 e. The van der Waals surface area contributed by atoms with Gasteiger partial charge in [-0.05, 0) is 24.3 Å². The summed E-state index contributed by atoms with van der Waals surface area (Å²) in [4.78, 5) is 19.4. The standard InChI is InChI=1S/C15H17ClN2O2/c1-15(2,9-14-17-7-8-18-14)13(19)10-20-12-5-3-11(16)4-6-12/h3-8H,9-10H2,1-2H3,(H,17,18). The number of ketones is 1. The van der Waals surface area contributed by atoms with Crippen molar-refractivity contribution in [3.05, 3.63) is 47.5 Å². The van der Waals surface area contributed by atoms with Gasteiger partial charge >= 0.3 is 0 Å². The minimum atomic E-state index is -0.524. The minimum Gasteiger partial charge on any atom is -0.486 e. The fourth-order valence-electron chi connectivity index (χ4n) is 1.79. The Hall–Kier alpha value is -1.81. The molecule has 2 aromatic rings. The van der Waals surface area contributed by atoms with Crippen LogP contribution in [0.5, 0.6) is 5.75 Å². The van der Waals surface area contributed by atoms with Gasteiger partial charge in [0.05, 0.1) is 0 Å². The van der Waals surface area contributed by atoms with Gasteiger partial charge < -0.3 is 9.72 Å². The lowest BCUT2D eigenvalue weighted by molar-refractivity contribution is -0.129. The maximum Gasteiger partial charge on any atom is 0.176 e. The zero-order valence-corrected chi connectivity index (χ0v) is 12.3. The second-order valence-corrected chi connectivity index (χ2v) is 5.70. The molecule has 5 heteroatoms. The number of rotatable bonds is 6. The number of aromatic nitrogens is 2. The van der Waals surface area contributed by atoms with E-state index < -0.39 is 5.41 Å². The molecule has 0 fully saturated rings. The van der Waals surface area contributed by atoms with Gasteiger partial charge in [-0.25, -0.2) is 4.98 Å². The molecule has 0 unspecified atom stereocenters. The Labute approximate surface area is 123 Å². The molecule has 0 aliphatic rings. The topological polar surface area (TPSA) is 55.0 Å². The first kappa shape index (κ1) is 14.6. The summed E-state index contributed by atoms with van der Waals surface area (Å²) in [6, 6.07) is 6.95. The number of H-pyrrole nitrogens is 1. The molecule has 0 atom stereocenters. The third kappa shape index (κ3) is 3.84. The van der Waals surface area contributed by atoms with E-state index in [2.05, 4.69) is 9.97 Å². The molecule has 1 heterocycles. The zero-order chi connectivity index (χ0) is 14.6. The number of carbonyl (C=O) groups is 1. The van der Waals surface area contributed by atoms with Gasteiger partial charge in [-0.1, -0.05) is 25.4 Å². The molecule has 2 rings (SSSR count). The maximum atomic E-state index is 12.2. The predicted molar refractivity (Wildman–Crippen MR) is 78.0 cm³/mol. The van der Waals surface area contributed by atoms with Gasteiger partial charge in [-0.3, -0.25) is 4.79 Å². The van der Waals surface area contributed by atoms with Crippen LogP contribution in [0, 0.1) is 5.41 Å². The Morgan fingerprint density at radius 3 is 2.65 bits per heavy atom. The van der Waals surface area contributed by atoms with E-state index in [0.717, 1.165) is 5.82 Å². The van der Waals surface area contributed by atoms with Gasteiger partial charge in [0.1, 0.15) is 18.2 Å². The molecule has 1 N–H and O–H groups in total. The summed E-state index contributed by atoms with van der Waals surface area (Å²) in [5.41, 5.74) is -0.524. The first-order valence-corrected chi connectivity index (χ1v) is 6.75. The molecule has 0 aliphatic heterocycles. The number of nitrogens with zero attached hydrogens (tertiary/aromatic N) is 1. The average molecular weight is 293 g/mol. The average Bonchev–Trinajstić information content (AvgIpc) is 2.89. The van der Waals surface area contributed by atoms with E-state index in [1.54, 1.807) is 36.7 Å². The van der Waals surface area contributed by atoms with Crippen LogP contribution in [0.1, 0.15) is 19.7 Å². The molecular formula is C15H17ClN2O2. The van der Waals surface area contributed by atoms with E-state index in [4.69, 9.17) is 16.3 Å². The Morgan fingerprint density at radius 2 is 2.05 bits per heavy atom. The Bertz CT molecular complexity index is 562. The van der Waals surface area contributed by atoms with Crippen LogP contribution >= 0.6 is 11.6 Å². The van der Waals surface area contributed by atoms with Crippen molar-refractivity contribution in [3.8, 4) is 5.75 Å². The number of benzene rings is 1. The summed E-state index contributed by atoms with van der Waals surface area (Å²) in [7, 11) is 0. The molecule has 0 bridgehead atoms. The van der Waals surface area contributed by atoms with Crippen LogP contribution in [-0.4, -0.2) is 22.4 Å². The molecule has 20 heavy (non-hydrogen) atoms. The van der Waals surface area contributed by atoms with E-state index in [9.17, 15) is 4.79 Å². The lowest BCUT2D eigenvalue weighted by atomic mass is 9.84. The normalized spacial score (nSPS) is 11.3. The van der Waals surface area contributed by atoms with Gasteiger partial charge in [0.15, 0.2) is 5.78 Å². The second kappa shape index (κ2) is 6.09. The minimum absolute atomic E-state index is 0.0313. The van der Waals surface area contributed by atoms with E-state index >= 15 is 0 Å². The van der Waals surface area contributed by atoms with Crippen molar-refractivity contribution in [2.45, 2.75) is 20.3 Å². The SMILES string of the molecule is CC(C)(Cc1ncc[nH]1)C(=O)COc1ccc(Cl)cc1. The fourth-order valence-corrected chi connectivity index (χ4v) is 1.91. The number of nitrogens with one attached hydrogen (secondary N) is 1.